The first kappa shape index (κ1) is 9.96. The van der Waals surface area contributed by atoms with Crippen LogP contribution in [0.25, 0.3) is 0 Å². The van der Waals surface area contributed by atoms with Crippen LogP contribution in [0.5, 0.6) is 0 Å². The summed E-state index contributed by atoms with van der Waals surface area (Å²) in [5.41, 5.74) is 0. The molecule has 0 fully saturated rings. The van der Waals surface area contributed by atoms with E-state index in [4.69, 9.17) is 11.6 Å². The number of ketones is 1. The Bertz CT molecular complexity index is 101. The molecule has 0 aliphatic heterocycles. The summed E-state index contributed by atoms with van der Waals surface area (Å²) in [5, 5.41) is -0.232. The Kier molecular flexibility index (Phi) is 5.70. The third-order valence-electron chi connectivity index (χ3n) is 1.51. The fourth-order valence-corrected chi connectivity index (χ4v) is 1.07. The number of Topliss-reactive ketones (excluding diaryl/α,β-unsaturated/α-hetero) is 1. The van der Waals surface area contributed by atoms with Gasteiger partial charge in [0.1, 0.15) is 5.78 Å². The van der Waals surface area contributed by atoms with Gasteiger partial charge in [-0.2, -0.15) is 0 Å². The van der Waals surface area contributed by atoms with Crippen LogP contribution in [0.1, 0.15) is 39.5 Å². The Morgan fingerprint density at radius 1 is 1.50 bits per heavy atom. The van der Waals surface area contributed by atoms with Crippen molar-refractivity contribution in [3.05, 3.63) is 0 Å². The lowest BCUT2D eigenvalue weighted by Crippen LogP contribution is -2.12. The molecule has 1 atom stereocenters. The standard InChI is InChI=1S/C8H15ClO/c1-3-5-6-7(9)8(10)4-2/h7H,3-6H2,1-2H3. The summed E-state index contributed by atoms with van der Waals surface area (Å²) in [4.78, 5) is 10.9. The molecule has 0 saturated heterocycles. The number of unbranched alkanes of at least 4 members (excludes halogenated alkanes) is 1. The van der Waals surface area contributed by atoms with Gasteiger partial charge in [-0.15, -0.1) is 11.6 Å². The number of alkyl halides is 1. The van der Waals surface area contributed by atoms with Crippen molar-refractivity contribution >= 4 is 17.4 Å². The quantitative estimate of drug-likeness (QED) is 0.569. The molecule has 0 bridgehead atoms. The molecule has 1 unspecified atom stereocenters. The Labute approximate surface area is 67.8 Å². The van der Waals surface area contributed by atoms with Crippen molar-refractivity contribution in [2.75, 3.05) is 0 Å². The highest BCUT2D eigenvalue weighted by molar-refractivity contribution is 6.31. The third kappa shape index (κ3) is 3.89. The molecule has 10 heavy (non-hydrogen) atoms. The van der Waals surface area contributed by atoms with E-state index in [1.54, 1.807) is 0 Å². The molecular formula is C8H15ClO. The predicted octanol–water partition coefficient (Wildman–Crippen LogP) is 2.76. The highest BCUT2D eigenvalue weighted by Gasteiger charge is 2.10. The van der Waals surface area contributed by atoms with Crippen molar-refractivity contribution in [1.29, 1.82) is 0 Å². The number of carbonyl (C=O) groups is 1. The lowest BCUT2D eigenvalue weighted by Gasteiger charge is -2.04. The van der Waals surface area contributed by atoms with Gasteiger partial charge in [0.15, 0.2) is 0 Å². The zero-order valence-electron chi connectivity index (χ0n) is 6.69. The minimum absolute atomic E-state index is 0.176. The second-order valence-electron chi connectivity index (χ2n) is 2.43. The van der Waals surface area contributed by atoms with Crippen LogP contribution in [0, 0.1) is 0 Å². The van der Waals surface area contributed by atoms with E-state index in [-0.39, 0.29) is 11.2 Å². The molecule has 0 spiro atoms. The average molecular weight is 163 g/mol. The summed E-state index contributed by atoms with van der Waals surface area (Å²) in [6, 6.07) is 0. The molecule has 0 aliphatic rings. The molecule has 2 heteroatoms. The van der Waals surface area contributed by atoms with Crippen LogP contribution < -0.4 is 0 Å². The Balaban J connectivity index is 3.41. The first-order valence-electron chi connectivity index (χ1n) is 3.89. The second-order valence-corrected chi connectivity index (χ2v) is 2.96. The van der Waals surface area contributed by atoms with Gasteiger partial charge < -0.3 is 0 Å². The summed E-state index contributed by atoms with van der Waals surface area (Å²) in [7, 11) is 0. The van der Waals surface area contributed by atoms with Gasteiger partial charge in [0.25, 0.3) is 0 Å². The van der Waals surface area contributed by atoms with E-state index >= 15 is 0 Å². The van der Waals surface area contributed by atoms with E-state index in [0.29, 0.717) is 6.42 Å². The van der Waals surface area contributed by atoms with E-state index in [1.165, 1.54) is 0 Å². The smallest absolute Gasteiger partial charge is 0.150 e. The van der Waals surface area contributed by atoms with Gasteiger partial charge >= 0.3 is 0 Å². The highest BCUT2D eigenvalue weighted by atomic mass is 35.5. The summed E-state index contributed by atoms with van der Waals surface area (Å²) >= 11 is 5.76. The van der Waals surface area contributed by atoms with E-state index < -0.39 is 0 Å². The van der Waals surface area contributed by atoms with Crippen molar-refractivity contribution in [3.8, 4) is 0 Å². The van der Waals surface area contributed by atoms with E-state index in [1.807, 2.05) is 6.92 Å². The maximum atomic E-state index is 10.9. The van der Waals surface area contributed by atoms with Gasteiger partial charge in [-0.3, -0.25) is 4.79 Å². The normalized spacial score (nSPS) is 13.1. The molecule has 60 valence electrons. The topological polar surface area (TPSA) is 17.1 Å². The molecule has 0 amide bonds. The zero-order valence-corrected chi connectivity index (χ0v) is 7.45. The monoisotopic (exact) mass is 162 g/mol. The van der Waals surface area contributed by atoms with Crippen LogP contribution in [0.4, 0.5) is 0 Å². The molecule has 1 nitrogen and oxygen atoms in total. The molecule has 0 N–H and O–H groups in total. The Morgan fingerprint density at radius 3 is 2.50 bits per heavy atom. The van der Waals surface area contributed by atoms with Crippen molar-refractivity contribution in [1.82, 2.24) is 0 Å². The number of carbonyl (C=O) groups excluding carboxylic acids is 1. The molecule has 0 rings (SSSR count). The highest BCUT2D eigenvalue weighted by Crippen LogP contribution is 2.09. The SMILES string of the molecule is CCCCC(Cl)C(=O)CC. The Hall–Kier alpha value is -0.0400. The molecule has 0 aromatic carbocycles. The maximum Gasteiger partial charge on any atom is 0.150 e. The first-order chi connectivity index (χ1) is 4.72. The van der Waals surface area contributed by atoms with Crippen molar-refractivity contribution < 1.29 is 4.79 Å². The molecule has 0 aromatic heterocycles. The van der Waals surface area contributed by atoms with Crippen molar-refractivity contribution in [2.45, 2.75) is 44.9 Å². The van der Waals surface area contributed by atoms with Gasteiger partial charge in [0.05, 0.1) is 5.38 Å². The summed E-state index contributed by atoms with van der Waals surface area (Å²) < 4.78 is 0. The summed E-state index contributed by atoms with van der Waals surface area (Å²) in [6.45, 7) is 3.95. The average Bonchev–Trinajstić information content (AvgIpc) is 1.98. The summed E-state index contributed by atoms with van der Waals surface area (Å²) in [5.74, 6) is 0.176. The van der Waals surface area contributed by atoms with E-state index in [0.717, 1.165) is 19.3 Å². The third-order valence-corrected chi connectivity index (χ3v) is 1.97. The molecular weight excluding hydrogens is 148 g/mol. The van der Waals surface area contributed by atoms with Crippen LogP contribution in [-0.4, -0.2) is 11.2 Å². The van der Waals surface area contributed by atoms with E-state index in [9.17, 15) is 4.79 Å². The van der Waals surface area contributed by atoms with Gasteiger partial charge in [-0.1, -0.05) is 26.7 Å². The lowest BCUT2D eigenvalue weighted by molar-refractivity contribution is -0.118. The maximum absolute atomic E-state index is 10.9. The van der Waals surface area contributed by atoms with Gasteiger partial charge in [-0.05, 0) is 6.42 Å². The van der Waals surface area contributed by atoms with Crippen molar-refractivity contribution in [2.24, 2.45) is 0 Å². The fourth-order valence-electron chi connectivity index (χ4n) is 0.766. The number of hydrogen-bond acceptors (Lipinski definition) is 1. The van der Waals surface area contributed by atoms with Crippen LogP contribution in [0.15, 0.2) is 0 Å². The largest absolute Gasteiger partial charge is 0.298 e. The molecule has 0 saturated carbocycles. The van der Waals surface area contributed by atoms with Gasteiger partial charge in [0, 0.05) is 6.42 Å². The van der Waals surface area contributed by atoms with Crippen LogP contribution in [-0.2, 0) is 4.79 Å². The van der Waals surface area contributed by atoms with Crippen molar-refractivity contribution in [3.63, 3.8) is 0 Å². The van der Waals surface area contributed by atoms with Crippen LogP contribution >= 0.6 is 11.6 Å². The molecule has 0 aliphatic carbocycles. The lowest BCUT2D eigenvalue weighted by atomic mass is 10.1. The van der Waals surface area contributed by atoms with Crippen LogP contribution in [0.3, 0.4) is 0 Å². The first-order valence-corrected chi connectivity index (χ1v) is 4.32. The predicted molar refractivity (Wildman–Crippen MR) is 44.5 cm³/mol. The van der Waals surface area contributed by atoms with Gasteiger partial charge in [0.2, 0.25) is 0 Å². The molecule has 0 aromatic rings. The Morgan fingerprint density at radius 2 is 2.10 bits per heavy atom. The zero-order chi connectivity index (χ0) is 7.98. The van der Waals surface area contributed by atoms with E-state index in [2.05, 4.69) is 6.92 Å². The second kappa shape index (κ2) is 5.72. The van der Waals surface area contributed by atoms with Gasteiger partial charge in [-0.25, -0.2) is 0 Å². The summed E-state index contributed by atoms with van der Waals surface area (Å²) in [6.07, 6.45) is 3.57. The van der Waals surface area contributed by atoms with Crippen LogP contribution in [0.2, 0.25) is 0 Å². The fraction of sp³-hybridized carbons (Fsp3) is 0.875. The molecule has 0 radical (unpaired) electrons. The minimum Gasteiger partial charge on any atom is -0.298 e. The minimum atomic E-state index is -0.232. The number of hydrogen-bond donors (Lipinski definition) is 0. The molecule has 0 heterocycles. The number of rotatable bonds is 5. The number of halogens is 1.